The van der Waals surface area contributed by atoms with Gasteiger partial charge in [0.1, 0.15) is 5.75 Å². The Kier molecular flexibility index (Phi) is 5.44. The van der Waals surface area contributed by atoms with Gasteiger partial charge in [-0.2, -0.15) is 0 Å². The van der Waals surface area contributed by atoms with Crippen molar-refractivity contribution in [3.05, 3.63) is 87.9 Å². The molecule has 6 nitrogen and oxygen atoms in total. The van der Waals surface area contributed by atoms with Crippen LogP contribution in [0.5, 0.6) is 5.75 Å². The lowest BCUT2D eigenvalue weighted by molar-refractivity contribution is -0.118. The topological polar surface area (TPSA) is 75.7 Å². The highest BCUT2D eigenvalue weighted by Gasteiger charge is 2.36. The van der Waals surface area contributed by atoms with E-state index in [0.29, 0.717) is 38.3 Å². The number of ether oxygens (including phenoxy) is 1. The first kappa shape index (κ1) is 19.9. The Morgan fingerprint density at radius 1 is 0.900 bits per heavy atom. The SMILES string of the molecule is O=C(COc1cc(Cl)ccc1Cl)Nc1cccc(N2C(=O)c3ccccc3C2=O)c1. The monoisotopic (exact) mass is 440 g/mol. The first-order chi connectivity index (χ1) is 14.4. The van der Waals surface area contributed by atoms with Crippen molar-refractivity contribution >= 4 is 52.3 Å². The summed E-state index contributed by atoms with van der Waals surface area (Å²) < 4.78 is 5.41. The van der Waals surface area contributed by atoms with Gasteiger partial charge in [-0.1, -0.05) is 41.4 Å². The van der Waals surface area contributed by atoms with Gasteiger partial charge >= 0.3 is 0 Å². The third kappa shape index (κ3) is 3.87. The van der Waals surface area contributed by atoms with Gasteiger partial charge in [-0.05, 0) is 42.5 Å². The Hall–Kier alpha value is -3.35. The van der Waals surface area contributed by atoms with Crippen LogP contribution in [0.3, 0.4) is 0 Å². The number of carbonyl (C=O) groups is 3. The number of hydrogen-bond donors (Lipinski definition) is 1. The van der Waals surface area contributed by atoms with E-state index in [1.165, 1.54) is 6.07 Å². The summed E-state index contributed by atoms with van der Waals surface area (Å²) >= 11 is 11.9. The number of rotatable bonds is 5. The molecule has 0 spiro atoms. The standard InChI is InChI=1S/C22H14Cl2N2O4/c23-13-8-9-18(24)19(10-13)30-12-20(27)25-14-4-3-5-15(11-14)26-21(28)16-6-1-2-7-17(16)22(26)29/h1-11H,12H2,(H,25,27). The predicted octanol–water partition coefficient (Wildman–Crippen LogP) is 4.81. The molecule has 0 bridgehead atoms. The molecule has 3 aromatic carbocycles. The lowest BCUT2D eigenvalue weighted by Gasteiger charge is -2.15. The number of nitrogens with one attached hydrogen (secondary N) is 1. The largest absolute Gasteiger partial charge is 0.482 e. The maximum absolute atomic E-state index is 12.6. The third-order valence-corrected chi connectivity index (χ3v) is 4.98. The molecular weight excluding hydrogens is 427 g/mol. The zero-order valence-electron chi connectivity index (χ0n) is 15.4. The molecule has 0 saturated carbocycles. The average molecular weight is 441 g/mol. The summed E-state index contributed by atoms with van der Waals surface area (Å²) in [6, 6.07) is 17.8. The van der Waals surface area contributed by atoms with Gasteiger partial charge in [0.25, 0.3) is 17.7 Å². The molecule has 0 radical (unpaired) electrons. The summed E-state index contributed by atoms with van der Waals surface area (Å²) in [5, 5.41) is 3.44. The van der Waals surface area contributed by atoms with Gasteiger partial charge < -0.3 is 10.1 Å². The molecular formula is C22H14Cl2N2O4. The first-order valence-electron chi connectivity index (χ1n) is 8.89. The number of hydrogen-bond acceptors (Lipinski definition) is 4. The number of benzene rings is 3. The van der Waals surface area contributed by atoms with Crippen LogP contribution in [0.1, 0.15) is 20.7 Å². The molecule has 0 aromatic heterocycles. The predicted molar refractivity (Wildman–Crippen MR) is 115 cm³/mol. The minimum absolute atomic E-state index is 0.291. The highest BCUT2D eigenvalue weighted by atomic mass is 35.5. The molecule has 1 heterocycles. The van der Waals surface area contributed by atoms with Crippen LogP contribution >= 0.6 is 23.2 Å². The number of imide groups is 1. The van der Waals surface area contributed by atoms with Crippen LogP contribution < -0.4 is 15.0 Å². The van der Waals surface area contributed by atoms with Gasteiger partial charge in [-0.25, -0.2) is 4.90 Å². The smallest absolute Gasteiger partial charge is 0.266 e. The van der Waals surface area contributed by atoms with E-state index in [4.69, 9.17) is 27.9 Å². The molecule has 0 fully saturated rings. The van der Waals surface area contributed by atoms with Gasteiger partial charge in [-0.15, -0.1) is 0 Å². The molecule has 0 saturated heterocycles. The highest BCUT2D eigenvalue weighted by Crippen LogP contribution is 2.30. The molecule has 3 amide bonds. The Labute approximate surface area is 182 Å². The van der Waals surface area contributed by atoms with Gasteiger partial charge in [0, 0.05) is 16.8 Å². The van der Waals surface area contributed by atoms with Crippen LogP contribution in [0.2, 0.25) is 10.0 Å². The van der Waals surface area contributed by atoms with Crippen molar-refractivity contribution in [2.75, 3.05) is 16.8 Å². The third-order valence-electron chi connectivity index (χ3n) is 4.43. The van der Waals surface area contributed by atoms with E-state index in [-0.39, 0.29) is 6.61 Å². The molecule has 1 aliphatic heterocycles. The summed E-state index contributed by atoms with van der Waals surface area (Å²) in [7, 11) is 0. The lowest BCUT2D eigenvalue weighted by Crippen LogP contribution is -2.29. The zero-order valence-corrected chi connectivity index (χ0v) is 16.9. The van der Waals surface area contributed by atoms with Crippen molar-refractivity contribution in [1.29, 1.82) is 0 Å². The van der Waals surface area contributed by atoms with E-state index in [1.807, 2.05) is 0 Å². The lowest BCUT2D eigenvalue weighted by atomic mass is 10.1. The molecule has 0 aliphatic carbocycles. The molecule has 3 aromatic rings. The van der Waals surface area contributed by atoms with Crippen LogP contribution in [-0.4, -0.2) is 24.3 Å². The summed E-state index contributed by atoms with van der Waals surface area (Å²) in [5.74, 6) is -0.958. The van der Waals surface area contributed by atoms with Gasteiger partial charge in [0.2, 0.25) is 0 Å². The van der Waals surface area contributed by atoms with Crippen molar-refractivity contribution < 1.29 is 19.1 Å². The maximum Gasteiger partial charge on any atom is 0.266 e. The van der Waals surface area contributed by atoms with Gasteiger partial charge in [0.15, 0.2) is 6.61 Å². The van der Waals surface area contributed by atoms with Crippen molar-refractivity contribution in [2.45, 2.75) is 0 Å². The molecule has 30 heavy (non-hydrogen) atoms. The van der Waals surface area contributed by atoms with E-state index >= 15 is 0 Å². The van der Waals surface area contributed by atoms with E-state index in [9.17, 15) is 14.4 Å². The fraction of sp³-hybridized carbons (Fsp3) is 0.0455. The molecule has 1 aliphatic rings. The quantitative estimate of drug-likeness (QED) is 0.577. The molecule has 0 atom stereocenters. The van der Waals surface area contributed by atoms with Crippen molar-refractivity contribution in [2.24, 2.45) is 0 Å². The minimum Gasteiger partial charge on any atom is -0.482 e. The van der Waals surface area contributed by atoms with Crippen LogP contribution in [0, 0.1) is 0 Å². The minimum atomic E-state index is -0.439. The zero-order chi connectivity index (χ0) is 21.3. The van der Waals surface area contributed by atoms with E-state index in [2.05, 4.69) is 5.32 Å². The number of anilines is 2. The summed E-state index contributed by atoms with van der Waals surface area (Å²) in [6.45, 7) is -0.294. The number of nitrogens with zero attached hydrogens (tertiary/aromatic N) is 1. The van der Waals surface area contributed by atoms with Crippen molar-refractivity contribution in [1.82, 2.24) is 0 Å². The molecule has 4 rings (SSSR count). The second kappa shape index (κ2) is 8.18. The average Bonchev–Trinajstić information content (AvgIpc) is 2.99. The maximum atomic E-state index is 12.6. The highest BCUT2D eigenvalue weighted by molar-refractivity contribution is 6.35. The summed E-state index contributed by atoms with van der Waals surface area (Å²) in [5.41, 5.74) is 1.47. The van der Waals surface area contributed by atoms with E-state index < -0.39 is 17.7 Å². The Bertz CT molecular complexity index is 1140. The van der Waals surface area contributed by atoms with Crippen molar-refractivity contribution in [3.8, 4) is 5.75 Å². The Morgan fingerprint density at radius 3 is 2.30 bits per heavy atom. The van der Waals surface area contributed by atoms with Gasteiger partial charge in [0.05, 0.1) is 21.8 Å². The first-order valence-corrected chi connectivity index (χ1v) is 9.65. The normalized spacial score (nSPS) is 12.7. The van der Waals surface area contributed by atoms with Crippen LogP contribution in [0.4, 0.5) is 11.4 Å². The number of fused-ring (bicyclic) bond motifs is 1. The Balaban J connectivity index is 1.46. The molecule has 1 N–H and O–H groups in total. The second-order valence-corrected chi connectivity index (χ2v) is 7.30. The van der Waals surface area contributed by atoms with Gasteiger partial charge in [-0.3, -0.25) is 14.4 Å². The summed E-state index contributed by atoms with van der Waals surface area (Å²) in [6.07, 6.45) is 0. The second-order valence-electron chi connectivity index (χ2n) is 6.45. The van der Waals surface area contributed by atoms with Crippen LogP contribution in [-0.2, 0) is 4.79 Å². The molecule has 0 unspecified atom stereocenters. The number of amides is 3. The fourth-order valence-electron chi connectivity index (χ4n) is 3.07. The van der Waals surface area contributed by atoms with E-state index in [1.54, 1.807) is 60.7 Å². The Morgan fingerprint density at radius 2 is 1.60 bits per heavy atom. The van der Waals surface area contributed by atoms with Crippen molar-refractivity contribution in [3.63, 3.8) is 0 Å². The number of carbonyl (C=O) groups excluding carboxylic acids is 3. The number of halogens is 2. The summed E-state index contributed by atoms with van der Waals surface area (Å²) in [4.78, 5) is 38.6. The molecule has 8 heteroatoms. The fourth-order valence-corrected chi connectivity index (χ4v) is 3.41. The van der Waals surface area contributed by atoms with Crippen LogP contribution in [0.25, 0.3) is 0 Å². The van der Waals surface area contributed by atoms with E-state index in [0.717, 1.165) is 4.90 Å². The molecule has 150 valence electrons. The van der Waals surface area contributed by atoms with Crippen LogP contribution in [0.15, 0.2) is 66.7 Å².